The van der Waals surface area contributed by atoms with E-state index in [1.54, 1.807) is 37.3 Å². The van der Waals surface area contributed by atoms with Crippen LogP contribution in [-0.2, 0) is 16.1 Å². The maximum Gasteiger partial charge on any atom is 0.261 e. The summed E-state index contributed by atoms with van der Waals surface area (Å²) in [6.07, 6.45) is 0. The average Bonchev–Trinajstić information content (AvgIpc) is 2.65. The predicted octanol–water partition coefficient (Wildman–Crippen LogP) is 4.30. The van der Waals surface area contributed by atoms with Crippen molar-refractivity contribution in [1.82, 2.24) is 10.2 Å². The number of carbonyl (C=O) groups is 2. The third kappa shape index (κ3) is 5.86. The van der Waals surface area contributed by atoms with E-state index in [0.29, 0.717) is 20.3 Å². The van der Waals surface area contributed by atoms with Gasteiger partial charge < -0.3 is 15.0 Å². The Balaban J connectivity index is 2.17. The summed E-state index contributed by atoms with van der Waals surface area (Å²) in [6.45, 7) is 1.62. The molecule has 2 rings (SSSR count). The summed E-state index contributed by atoms with van der Waals surface area (Å²) in [5.74, 6) is -0.131. The highest BCUT2D eigenvalue weighted by molar-refractivity contribution is 9.10. The summed E-state index contributed by atoms with van der Waals surface area (Å²) in [7, 11) is 1.53. The Morgan fingerprint density at radius 2 is 1.93 bits per heavy atom. The molecule has 2 amide bonds. The fourth-order valence-electron chi connectivity index (χ4n) is 2.42. The molecule has 0 saturated carbocycles. The van der Waals surface area contributed by atoms with Gasteiger partial charge in [0.25, 0.3) is 5.91 Å². The molecule has 0 aliphatic heterocycles. The molecule has 144 valence electrons. The van der Waals surface area contributed by atoms with E-state index in [4.69, 9.17) is 27.9 Å². The first-order chi connectivity index (χ1) is 12.8. The van der Waals surface area contributed by atoms with Gasteiger partial charge in [0.05, 0.1) is 4.47 Å². The van der Waals surface area contributed by atoms with Gasteiger partial charge >= 0.3 is 0 Å². The van der Waals surface area contributed by atoms with Crippen LogP contribution in [0.5, 0.6) is 5.75 Å². The van der Waals surface area contributed by atoms with Crippen molar-refractivity contribution in [3.8, 4) is 5.75 Å². The largest absolute Gasteiger partial charge is 0.483 e. The van der Waals surface area contributed by atoms with Gasteiger partial charge in [-0.2, -0.15) is 0 Å². The molecule has 2 aromatic rings. The van der Waals surface area contributed by atoms with Crippen LogP contribution in [-0.4, -0.2) is 36.4 Å². The Labute approximate surface area is 176 Å². The van der Waals surface area contributed by atoms with E-state index in [-0.39, 0.29) is 25.0 Å². The van der Waals surface area contributed by atoms with Gasteiger partial charge in [0.1, 0.15) is 11.8 Å². The molecule has 27 heavy (non-hydrogen) atoms. The molecule has 1 N–H and O–H groups in total. The molecule has 0 aliphatic rings. The van der Waals surface area contributed by atoms with E-state index in [9.17, 15) is 9.59 Å². The number of carbonyl (C=O) groups excluding carboxylic acids is 2. The van der Waals surface area contributed by atoms with Crippen LogP contribution < -0.4 is 10.1 Å². The zero-order valence-corrected chi connectivity index (χ0v) is 17.9. The number of hydrogen-bond acceptors (Lipinski definition) is 3. The molecular weight excluding hydrogens is 455 g/mol. The van der Waals surface area contributed by atoms with Crippen LogP contribution in [0.25, 0.3) is 0 Å². The summed E-state index contributed by atoms with van der Waals surface area (Å²) >= 11 is 15.5. The maximum atomic E-state index is 12.8. The lowest BCUT2D eigenvalue weighted by Gasteiger charge is -2.28. The highest BCUT2D eigenvalue weighted by Gasteiger charge is 2.26. The first kappa shape index (κ1) is 21.5. The number of rotatable bonds is 7. The smallest absolute Gasteiger partial charge is 0.261 e. The van der Waals surface area contributed by atoms with E-state index >= 15 is 0 Å². The molecule has 0 bridgehead atoms. The number of amides is 2. The summed E-state index contributed by atoms with van der Waals surface area (Å²) in [5, 5.41) is 3.64. The molecule has 0 radical (unpaired) electrons. The number of halogens is 3. The molecule has 0 aromatic heterocycles. The zero-order chi connectivity index (χ0) is 20.0. The number of nitrogens with zero attached hydrogens (tertiary/aromatic N) is 1. The van der Waals surface area contributed by atoms with Gasteiger partial charge in [-0.3, -0.25) is 9.59 Å². The van der Waals surface area contributed by atoms with Gasteiger partial charge in [0.2, 0.25) is 5.91 Å². The maximum absolute atomic E-state index is 12.8. The summed E-state index contributed by atoms with van der Waals surface area (Å²) in [5.41, 5.74) is 0.746. The van der Waals surface area contributed by atoms with Gasteiger partial charge in [0, 0.05) is 23.6 Å². The second kappa shape index (κ2) is 9.97. The first-order valence-corrected chi connectivity index (χ1v) is 9.70. The van der Waals surface area contributed by atoms with Crippen molar-refractivity contribution in [2.24, 2.45) is 0 Å². The van der Waals surface area contributed by atoms with Crippen LogP contribution in [0.2, 0.25) is 10.0 Å². The van der Waals surface area contributed by atoms with Crippen molar-refractivity contribution in [3.63, 3.8) is 0 Å². The van der Waals surface area contributed by atoms with Crippen LogP contribution in [0.15, 0.2) is 46.9 Å². The quantitative estimate of drug-likeness (QED) is 0.652. The third-order valence-electron chi connectivity index (χ3n) is 3.96. The van der Waals surface area contributed by atoms with Crippen LogP contribution >= 0.6 is 39.1 Å². The van der Waals surface area contributed by atoms with Crippen molar-refractivity contribution in [2.75, 3.05) is 13.7 Å². The topological polar surface area (TPSA) is 58.6 Å². The van der Waals surface area contributed by atoms with Crippen molar-refractivity contribution >= 4 is 50.9 Å². The van der Waals surface area contributed by atoms with Gasteiger partial charge in [-0.15, -0.1) is 0 Å². The second-order valence-electron chi connectivity index (χ2n) is 5.77. The van der Waals surface area contributed by atoms with Gasteiger partial charge in [-0.25, -0.2) is 0 Å². The molecule has 1 atom stereocenters. The zero-order valence-electron chi connectivity index (χ0n) is 14.8. The average molecular weight is 474 g/mol. The lowest BCUT2D eigenvalue weighted by Crippen LogP contribution is -2.48. The van der Waals surface area contributed by atoms with Crippen molar-refractivity contribution in [2.45, 2.75) is 19.5 Å². The van der Waals surface area contributed by atoms with Gasteiger partial charge in [-0.05, 0) is 52.7 Å². The molecular formula is C19H19BrCl2N2O3. The fraction of sp³-hybridized carbons (Fsp3) is 0.263. The molecule has 0 heterocycles. The molecule has 5 nitrogen and oxygen atoms in total. The molecule has 8 heteroatoms. The highest BCUT2D eigenvalue weighted by Crippen LogP contribution is 2.28. The van der Waals surface area contributed by atoms with E-state index in [0.717, 1.165) is 5.56 Å². The minimum absolute atomic E-state index is 0.193. The van der Waals surface area contributed by atoms with Gasteiger partial charge in [0.15, 0.2) is 6.61 Å². The SMILES string of the molecule is CNC(=O)C(C)N(Cc1ccccc1Cl)C(=O)COc1ccc(Cl)cc1Br. The molecule has 1 unspecified atom stereocenters. The predicted molar refractivity (Wildman–Crippen MR) is 110 cm³/mol. The van der Waals surface area contributed by atoms with E-state index < -0.39 is 6.04 Å². The number of ether oxygens (including phenoxy) is 1. The highest BCUT2D eigenvalue weighted by atomic mass is 79.9. The molecule has 0 aliphatic carbocycles. The summed E-state index contributed by atoms with van der Waals surface area (Å²) < 4.78 is 6.24. The third-order valence-corrected chi connectivity index (χ3v) is 5.18. The van der Waals surface area contributed by atoms with Crippen molar-refractivity contribution in [3.05, 3.63) is 62.5 Å². The molecule has 0 spiro atoms. The van der Waals surface area contributed by atoms with Gasteiger partial charge in [-0.1, -0.05) is 41.4 Å². The lowest BCUT2D eigenvalue weighted by atomic mass is 10.1. The van der Waals surface area contributed by atoms with Crippen LogP contribution in [0.1, 0.15) is 12.5 Å². The van der Waals surface area contributed by atoms with Crippen LogP contribution in [0, 0.1) is 0 Å². The number of likely N-dealkylation sites (N-methyl/N-ethyl adjacent to an activating group) is 1. The molecule has 0 fully saturated rings. The Bertz CT molecular complexity index is 832. The Hall–Kier alpha value is -1.76. The van der Waals surface area contributed by atoms with E-state index in [1.165, 1.54) is 11.9 Å². The second-order valence-corrected chi connectivity index (χ2v) is 7.46. The van der Waals surface area contributed by atoms with Crippen molar-refractivity contribution in [1.29, 1.82) is 0 Å². The monoisotopic (exact) mass is 472 g/mol. The lowest BCUT2D eigenvalue weighted by molar-refractivity contribution is -0.142. The standard InChI is InChI=1S/C19H19BrCl2N2O3/c1-12(19(26)23-2)24(10-13-5-3-4-6-16(13)22)18(25)11-27-17-8-7-14(21)9-15(17)20/h3-9,12H,10-11H2,1-2H3,(H,23,26). The minimum Gasteiger partial charge on any atom is -0.483 e. The number of hydrogen-bond donors (Lipinski definition) is 1. The fourth-order valence-corrected chi connectivity index (χ4v) is 3.41. The molecule has 2 aromatic carbocycles. The number of benzene rings is 2. The van der Waals surface area contributed by atoms with E-state index in [1.807, 2.05) is 12.1 Å². The normalized spacial score (nSPS) is 11.6. The summed E-state index contributed by atoms with van der Waals surface area (Å²) in [6, 6.07) is 11.5. The van der Waals surface area contributed by atoms with Crippen LogP contribution in [0.3, 0.4) is 0 Å². The Morgan fingerprint density at radius 3 is 2.56 bits per heavy atom. The molecule has 0 saturated heterocycles. The van der Waals surface area contributed by atoms with Crippen LogP contribution in [0.4, 0.5) is 0 Å². The van der Waals surface area contributed by atoms with Crippen molar-refractivity contribution < 1.29 is 14.3 Å². The number of nitrogens with one attached hydrogen (secondary N) is 1. The Kier molecular flexibility index (Phi) is 7.95. The Morgan fingerprint density at radius 1 is 1.22 bits per heavy atom. The van der Waals surface area contributed by atoms with E-state index in [2.05, 4.69) is 21.2 Å². The summed E-state index contributed by atoms with van der Waals surface area (Å²) in [4.78, 5) is 26.3. The minimum atomic E-state index is -0.684. The first-order valence-electron chi connectivity index (χ1n) is 8.15.